The molecule has 4 aromatic rings. The lowest BCUT2D eigenvalue weighted by Gasteiger charge is -2.40. The van der Waals surface area contributed by atoms with Gasteiger partial charge in [-0.05, 0) is 66.8 Å². The summed E-state index contributed by atoms with van der Waals surface area (Å²) in [5.41, 5.74) is 6.05. The molecule has 214 valence electrons. The zero-order chi connectivity index (χ0) is 28.3. The van der Waals surface area contributed by atoms with Gasteiger partial charge in [-0.3, -0.25) is 9.69 Å². The van der Waals surface area contributed by atoms with Crippen LogP contribution in [-0.2, 0) is 17.9 Å². The van der Waals surface area contributed by atoms with E-state index in [1.54, 1.807) is 0 Å². The van der Waals surface area contributed by atoms with Gasteiger partial charge in [0, 0.05) is 50.0 Å². The van der Waals surface area contributed by atoms with Gasteiger partial charge in [0.1, 0.15) is 5.82 Å². The third-order valence-electron chi connectivity index (χ3n) is 8.70. The van der Waals surface area contributed by atoms with Crippen LogP contribution in [0.5, 0.6) is 0 Å². The number of imidazole rings is 1. The van der Waals surface area contributed by atoms with Gasteiger partial charge >= 0.3 is 0 Å². The summed E-state index contributed by atoms with van der Waals surface area (Å²) in [7, 11) is 0. The third kappa shape index (κ3) is 6.14. The average molecular weight is 570 g/mol. The summed E-state index contributed by atoms with van der Waals surface area (Å²) in [6.07, 6.45) is 2.00. The molecule has 2 aliphatic rings. The summed E-state index contributed by atoms with van der Waals surface area (Å²) >= 11 is 6.14. The monoisotopic (exact) mass is 569 g/mol. The molecule has 0 N–H and O–H groups in total. The lowest BCUT2D eigenvalue weighted by atomic mass is 9.96. The highest BCUT2D eigenvalue weighted by Crippen LogP contribution is 2.29. The molecule has 0 aliphatic carbocycles. The van der Waals surface area contributed by atoms with Crippen LogP contribution in [0.25, 0.3) is 11.0 Å². The lowest BCUT2D eigenvalue weighted by Crippen LogP contribution is -2.52. The van der Waals surface area contributed by atoms with Crippen molar-refractivity contribution in [1.82, 2.24) is 19.4 Å². The molecule has 7 heteroatoms. The normalized spacial score (nSPS) is 18.4. The molecule has 2 fully saturated rings. The van der Waals surface area contributed by atoms with Crippen LogP contribution in [0.3, 0.4) is 0 Å². The molecular formula is C34H40ClN5O. The topological polar surface area (TPSA) is 44.6 Å². The molecule has 1 aromatic heterocycles. The molecular weight excluding hydrogens is 530 g/mol. The quantitative estimate of drug-likeness (QED) is 0.257. The second kappa shape index (κ2) is 12.3. The number of hydrogen-bond acceptors (Lipinski definition) is 4. The number of benzene rings is 3. The predicted molar refractivity (Wildman–Crippen MR) is 168 cm³/mol. The molecule has 1 atom stereocenters. The van der Waals surface area contributed by atoms with Gasteiger partial charge in [-0.2, -0.15) is 0 Å². The predicted octanol–water partition coefficient (Wildman–Crippen LogP) is 6.42. The van der Waals surface area contributed by atoms with Crippen molar-refractivity contribution in [3.05, 3.63) is 94.8 Å². The van der Waals surface area contributed by atoms with E-state index in [0.717, 1.165) is 87.1 Å². The Hall–Kier alpha value is -3.35. The summed E-state index contributed by atoms with van der Waals surface area (Å²) in [5.74, 6) is 1.90. The smallest absolute Gasteiger partial charge is 0.227 e. The van der Waals surface area contributed by atoms with Crippen molar-refractivity contribution in [3.63, 3.8) is 0 Å². The van der Waals surface area contributed by atoms with Gasteiger partial charge in [0.15, 0.2) is 0 Å². The van der Waals surface area contributed by atoms with Gasteiger partial charge in [0.2, 0.25) is 5.91 Å². The zero-order valence-electron chi connectivity index (χ0n) is 24.2. The molecule has 2 saturated heterocycles. The van der Waals surface area contributed by atoms with Crippen LogP contribution in [0.4, 0.5) is 5.69 Å². The summed E-state index contributed by atoms with van der Waals surface area (Å²) in [5, 5.41) is 0.746. The van der Waals surface area contributed by atoms with Crippen LogP contribution in [-0.4, -0.2) is 64.5 Å². The SMILES string of the molecule is CC(C)c1ccccc1N1CCN(C(=O)[C@@H]2CCCN(Cc3nc4ccccc4n3Cc3ccc(Cl)cc3)C2)CC1. The molecule has 0 spiro atoms. The van der Waals surface area contributed by atoms with E-state index in [9.17, 15) is 4.79 Å². The van der Waals surface area contributed by atoms with Crippen molar-refractivity contribution in [2.75, 3.05) is 44.2 Å². The van der Waals surface area contributed by atoms with E-state index >= 15 is 0 Å². The first-order valence-corrected chi connectivity index (χ1v) is 15.4. The number of fused-ring (bicyclic) bond motifs is 1. The minimum absolute atomic E-state index is 0.0485. The zero-order valence-corrected chi connectivity index (χ0v) is 24.9. The molecule has 3 aromatic carbocycles. The summed E-state index contributed by atoms with van der Waals surface area (Å²) in [6.45, 7) is 11.1. The Morgan fingerprint density at radius 3 is 2.41 bits per heavy atom. The fourth-order valence-corrected chi connectivity index (χ4v) is 6.61. The number of amides is 1. The number of nitrogens with zero attached hydrogens (tertiary/aromatic N) is 5. The van der Waals surface area contributed by atoms with E-state index in [2.05, 4.69) is 87.7 Å². The largest absolute Gasteiger partial charge is 0.368 e. The summed E-state index contributed by atoms with van der Waals surface area (Å²) in [4.78, 5) is 25.7. The number of para-hydroxylation sites is 3. The molecule has 0 unspecified atom stereocenters. The van der Waals surface area contributed by atoms with Gasteiger partial charge in [0.25, 0.3) is 0 Å². The van der Waals surface area contributed by atoms with Crippen molar-refractivity contribution in [1.29, 1.82) is 0 Å². The van der Waals surface area contributed by atoms with Crippen LogP contribution < -0.4 is 4.90 Å². The van der Waals surface area contributed by atoms with Crippen molar-refractivity contribution in [2.45, 2.75) is 45.7 Å². The number of aromatic nitrogens is 2. The van der Waals surface area contributed by atoms with Gasteiger partial charge in [-0.25, -0.2) is 4.98 Å². The highest BCUT2D eigenvalue weighted by molar-refractivity contribution is 6.30. The standard InChI is InChI=1S/C34H40ClN5O/c1-25(2)29-9-3-5-11-31(29)38-18-20-39(21-19-38)34(41)27-8-7-17-37(23-27)24-33-36-30-10-4-6-12-32(30)40(33)22-26-13-15-28(35)16-14-26/h3-6,9-16,25,27H,7-8,17-24H2,1-2H3/t27-/m1/s1. The van der Waals surface area contributed by atoms with Crippen LogP contribution >= 0.6 is 11.6 Å². The number of carbonyl (C=O) groups is 1. The number of piperazine rings is 1. The fraction of sp³-hybridized carbons (Fsp3) is 0.412. The fourth-order valence-electron chi connectivity index (χ4n) is 6.49. The Bertz CT molecular complexity index is 1490. The first-order chi connectivity index (χ1) is 20.0. The van der Waals surface area contributed by atoms with Crippen LogP contribution in [0.1, 0.15) is 49.6 Å². The Balaban J connectivity index is 1.12. The van der Waals surface area contributed by atoms with E-state index in [4.69, 9.17) is 16.6 Å². The molecule has 1 amide bonds. The number of rotatable bonds is 7. The van der Waals surface area contributed by atoms with Crippen molar-refractivity contribution in [3.8, 4) is 0 Å². The van der Waals surface area contributed by atoms with Crippen LogP contribution in [0.2, 0.25) is 5.02 Å². The van der Waals surface area contributed by atoms with E-state index in [0.29, 0.717) is 11.8 Å². The Labute approximate surface area is 248 Å². The molecule has 41 heavy (non-hydrogen) atoms. The van der Waals surface area contributed by atoms with Crippen LogP contribution in [0.15, 0.2) is 72.8 Å². The highest BCUT2D eigenvalue weighted by atomic mass is 35.5. The van der Waals surface area contributed by atoms with Gasteiger partial charge in [-0.15, -0.1) is 0 Å². The molecule has 2 aliphatic heterocycles. The third-order valence-corrected chi connectivity index (χ3v) is 8.95. The number of hydrogen-bond donors (Lipinski definition) is 0. The summed E-state index contributed by atoms with van der Waals surface area (Å²) in [6, 6.07) is 25.1. The highest BCUT2D eigenvalue weighted by Gasteiger charge is 2.32. The molecule has 3 heterocycles. The number of anilines is 1. The molecule has 6 nitrogen and oxygen atoms in total. The van der Waals surface area contributed by atoms with E-state index in [1.165, 1.54) is 16.8 Å². The molecule has 0 saturated carbocycles. The summed E-state index contributed by atoms with van der Waals surface area (Å²) < 4.78 is 2.32. The second-order valence-electron chi connectivity index (χ2n) is 11.8. The molecule has 6 rings (SSSR count). The minimum Gasteiger partial charge on any atom is -0.368 e. The van der Waals surface area contributed by atoms with Crippen LogP contribution in [0, 0.1) is 5.92 Å². The van der Waals surface area contributed by atoms with E-state index in [-0.39, 0.29) is 5.92 Å². The maximum Gasteiger partial charge on any atom is 0.227 e. The van der Waals surface area contributed by atoms with E-state index < -0.39 is 0 Å². The second-order valence-corrected chi connectivity index (χ2v) is 12.3. The van der Waals surface area contributed by atoms with Crippen molar-refractivity contribution < 1.29 is 4.79 Å². The van der Waals surface area contributed by atoms with Gasteiger partial charge < -0.3 is 14.4 Å². The average Bonchev–Trinajstić information content (AvgIpc) is 3.34. The van der Waals surface area contributed by atoms with Gasteiger partial charge in [0.05, 0.1) is 23.5 Å². The van der Waals surface area contributed by atoms with Gasteiger partial charge in [-0.1, -0.05) is 67.9 Å². The first-order valence-electron chi connectivity index (χ1n) is 15.0. The number of halogens is 1. The maximum absolute atomic E-state index is 13.7. The van der Waals surface area contributed by atoms with E-state index in [1.807, 2.05) is 18.2 Å². The molecule has 0 radical (unpaired) electrons. The number of carbonyl (C=O) groups excluding carboxylic acids is 1. The Morgan fingerprint density at radius 1 is 0.902 bits per heavy atom. The number of likely N-dealkylation sites (tertiary alicyclic amines) is 1. The molecule has 0 bridgehead atoms. The van der Waals surface area contributed by atoms with Crippen molar-refractivity contribution in [2.24, 2.45) is 5.92 Å². The maximum atomic E-state index is 13.7. The number of piperidine rings is 1. The first kappa shape index (κ1) is 27.8. The Kier molecular flexibility index (Phi) is 8.31. The van der Waals surface area contributed by atoms with Crippen molar-refractivity contribution >= 4 is 34.2 Å². The lowest BCUT2D eigenvalue weighted by molar-refractivity contribution is -0.137. The Morgan fingerprint density at radius 2 is 1.63 bits per heavy atom. The minimum atomic E-state index is 0.0485.